The SMILES string of the molecule is NC(=NCC1(c2cc(F)cc(C(F)(F)F)c2)CC1)NC1CC1. The molecule has 0 radical (unpaired) electrons. The predicted molar refractivity (Wildman–Crippen MR) is 75.0 cm³/mol. The standard InChI is InChI=1S/C15H17F4N3/c16-11-6-9(5-10(7-11)15(17,18)19)14(3-4-14)8-21-13(20)22-12-1-2-12/h5-7,12H,1-4,8H2,(H3,20,21,22). The van der Waals surface area contributed by atoms with Crippen LogP contribution in [0.5, 0.6) is 0 Å². The van der Waals surface area contributed by atoms with Crippen LogP contribution >= 0.6 is 0 Å². The van der Waals surface area contributed by atoms with Gasteiger partial charge in [0.25, 0.3) is 0 Å². The molecule has 0 aliphatic heterocycles. The molecule has 7 heteroatoms. The predicted octanol–water partition coefficient (Wildman–Crippen LogP) is 2.94. The molecule has 0 saturated heterocycles. The Hall–Kier alpha value is -1.79. The quantitative estimate of drug-likeness (QED) is 0.510. The number of nitrogens with two attached hydrogens (primary N) is 1. The van der Waals surface area contributed by atoms with Crippen molar-refractivity contribution in [2.45, 2.75) is 43.3 Å². The number of nitrogens with one attached hydrogen (secondary N) is 1. The van der Waals surface area contributed by atoms with E-state index >= 15 is 0 Å². The number of guanidine groups is 1. The minimum absolute atomic E-state index is 0.277. The van der Waals surface area contributed by atoms with Crippen molar-refractivity contribution in [1.82, 2.24) is 5.32 Å². The van der Waals surface area contributed by atoms with Crippen LogP contribution in [0, 0.1) is 5.82 Å². The molecule has 0 amide bonds. The number of benzene rings is 1. The Kier molecular flexibility index (Phi) is 3.53. The Morgan fingerprint density at radius 1 is 1.27 bits per heavy atom. The zero-order chi connectivity index (χ0) is 16.0. The highest BCUT2D eigenvalue weighted by molar-refractivity contribution is 5.78. The molecular formula is C15H17F4N3. The molecule has 0 bridgehead atoms. The van der Waals surface area contributed by atoms with Crippen LogP contribution in [-0.4, -0.2) is 18.5 Å². The van der Waals surface area contributed by atoms with Crippen molar-refractivity contribution in [1.29, 1.82) is 0 Å². The number of halogens is 4. The summed E-state index contributed by atoms with van der Waals surface area (Å²) in [6, 6.07) is 3.08. The molecule has 2 saturated carbocycles. The molecular weight excluding hydrogens is 298 g/mol. The van der Waals surface area contributed by atoms with Gasteiger partial charge < -0.3 is 11.1 Å². The van der Waals surface area contributed by atoms with Gasteiger partial charge in [-0.1, -0.05) is 0 Å². The van der Waals surface area contributed by atoms with Gasteiger partial charge in [-0.05, 0) is 49.4 Å². The molecule has 0 atom stereocenters. The van der Waals surface area contributed by atoms with Gasteiger partial charge in [-0.2, -0.15) is 13.2 Å². The molecule has 2 aliphatic rings. The van der Waals surface area contributed by atoms with E-state index in [0.717, 1.165) is 18.9 Å². The van der Waals surface area contributed by atoms with E-state index in [0.29, 0.717) is 36.5 Å². The van der Waals surface area contributed by atoms with Crippen LogP contribution in [0.3, 0.4) is 0 Å². The first-order valence-corrected chi connectivity index (χ1v) is 7.23. The highest BCUT2D eigenvalue weighted by Gasteiger charge is 2.45. The van der Waals surface area contributed by atoms with Crippen molar-refractivity contribution in [3.63, 3.8) is 0 Å². The summed E-state index contributed by atoms with van der Waals surface area (Å²) in [6.45, 7) is 0.277. The van der Waals surface area contributed by atoms with Crippen molar-refractivity contribution in [3.05, 3.63) is 35.1 Å². The molecule has 1 aromatic rings. The lowest BCUT2D eigenvalue weighted by Crippen LogP contribution is -2.34. The lowest BCUT2D eigenvalue weighted by atomic mass is 9.94. The van der Waals surface area contributed by atoms with Crippen LogP contribution in [0.25, 0.3) is 0 Å². The van der Waals surface area contributed by atoms with Gasteiger partial charge in [0.15, 0.2) is 5.96 Å². The molecule has 1 aromatic carbocycles. The summed E-state index contributed by atoms with van der Waals surface area (Å²) in [4.78, 5) is 4.22. The maximum Gasteiger partial charge on any atom is 0.416 e. The summed E-state index contributed by atoms with van der Waals surface area (Å²) in [5.74, 6) is -0.564. The molecule has 0 spiro atoms. The summed E-state index contributed by atoms with van der Waals surface area (Å²) < 4.78 is 51.9. The first-order chi connectivity index (χ1) is 10.3. The maximum absolute atomic E-state index is 13.5. The van der Waals surface area contributed by atoms with Crippen molar-refractivity contribution >= 4 is 5.96 Å². The van der Waals surface area contributed by atoms with Gasteiger partial charge in [-0.3, -0.25) is 4.99 Å². The largest absolute Gasteiger partial charge is 0.416 e. The normalized spacial score (nSPS) is 20.8. The van der Waals surface area contributed by atoms with E-state index in [-0.39, 0.29) is 6.54 Å². The van der Waals surface area contributed by atoms with Crippen LogP contribution in [0.4, 0.5) is 17.6 Å². The van der Waals surface area contributed by atoms with Gasteiger partial charge in [0.2, 0.25) is 0 Å². The summed E-state index contributed by atoms with van der Waals surface area (Å²) in [5, 5.41) is 3.03. The third-order valence-electron chi connectivity index (χ3n) is 4.17. The van der Waals surface area contributed by atoms with Gasteiger partial charge in [0, 0.05) is 11.5 Å². The summed E-state index contributed by atoms with van der Waals surface area (Å²) in [6.07, 6.45) is -1.06. The minimum atomic E-state index is -4.55. The molecule has 0 aromatic heterocycles. The molecule has 0 heterocycles. The highest BCUT2D eigenvalue weighted by atomic mass is 19.4. The molecule has 3 rings (SSSR count). The van der Waals surface area contributed by atoms with Gasteiger partial charge in [-0.25, -0.2) is 4.39 Å². The van der Waals surface area contributed by atoms with E-state index < -0.39 is 23.0 Å². The van der Waals surface area contributed by atoms with Crippen molar-refractivity contribution in [2.24, 2.45) is 10.7 Å². The van der Waals surface area contributed by atoms with Crippen molar-refractivity contribution in [2.75, 3.05) is 6.54 Å². The second kappa shape index (κ2) is 5.14. The average molecular weight is 315 g/mol. The lowest BCUT2D eigenvalue weighted by Gasteiger charge is -2.16. The van der Waals surface area contributed by atoms with Crippen LogP contribution in [0.2, 0.25) is 0 Å². The summed E-state index contributed by atoms with van der Waals surface area (Å²) in [7, 11) is 0. The zero-order valence-electron chi connectivity index (χ0n) is 11.9. The Bertz CT molecular complexity index is 601. The van der Waals surface area contributed by atoms with Crippen LogP contribution in [-0.2, 0) is 11.6 Å². The van der Waals surface area contributed by atoms with Gasteiger partial charge in [-0.15, -0.1) is 0 Å². The number of nitrogens with zero attached hydrogens (tertiary/aromatic N) is 1. The summed E-state index contributed by atoms with van der Waals surface area (Å²) in [5.41, 5.74) is 4.62. The Balaban J connectivity index is 1.78. The third-order valence-corrected chi connectivity index (χ3v) is 4.17. The number of aliphatic imine (C=N–C) groups is 1. The highest BCUT2D eigenvalue weighted by Crippen LogP contribution is 2.49. The lowest BCUT2D eigenvalue weighted by molar-refractivity contribution is -0.137. The molecule has 0 unspecified atom stereocenters. The van der Waals surface area contributed by atoms with Crippen LogP contribution in [0.15, 0.2) is 23.2 Å². The fraction of sp³-hybridized carbons (Fsp3) is 0.533. The fourth-order valence-electron chi connectivity index (χ4n) is 2.47. The number of rotatable bonds is 4. The number of alkyl halides is 3. The molecule has 120 valence electrons. The average Bonchev–Trinajstić information content (AvgIpc) is 3.31. The second-order valence-corrected chi connectivity index (χ2v) is 6.13. The Morgan fingerprint density at radius 2 is 1.95 bits per heavy atom. The fourth-order valence-corrected chi connectivity index (χ4v) is 2.47. The van der Waals surface area contributed by atoms with Gasteiger partial charge >= 0.3 is 6.18 Å². The Labute approximate surface area is 125 Å². The summed E-state index contributed by atoms with van der Waals surface area (Å²) >= 11 is 0. The molecule has 3 N–H and O–H groups in total. The van der Waals surface area contributed by atoms with E-state index in [9.17, 15) is 17.6 Å². The number of hydrogen-bond donors (Lipinski definition) is 2. The first kappa shape index (κ1) is 15.1. The van der Waals surface area contributed by atoms with E-state index in [1.807, 2.05) is 0 Å². The van der Waals surface area contributed by atoms with Gasteiger partial charge in [0.1, 0.15) is 5.82 Å². The monoisotopic (exact) mass is 315 g/mol. The minimum Gasteiger partial charge on any atom is -0.370 e. The molecule has 22 heavy (non-hydrogen) atoms. The van der Waals surface area contributed by atoms with Gasteiger partial charge in [0.05, 0.1) is 12.1 Å². The van der Waals surface area contributed by atoms with Crippen molar-refractivity contribution in [3.8, 4) is 0 Å². The Morgan fingerprint density at radius 3 is 2.50 bits per heavy atom. The smallest absolute Gasteiger partial charge is 0.370 e. The van der Waals surface area contributed by atoms with E-state index in [2.05, 4.69) is 10.3 Å². The van der Waals surface area contributed by atoms with E-state index in [1.54, 1.807) is 0 Å². The third kappa shape index (κ3) is 3.34. The maximum atomic E-state index is 13.5. The zero-order valence-corrected chi connectivity index (χ0v) is 11.9. The molecule has 2 fully saturated rings. The van der Waals surface area contributed by atoms with E-state index in [1.165, 1.54) is 6.07 Å². The van der Waals surface area contributed by atoms with Crippen LogP contribution in [0.1, 0.15) is 36.8 Å². The number of hydrogen-bond acceptors (Lipinski definition) is 1. The molecule has 3 nitrogen and oxygen atoms in total. The van der Waals surface area contributed by atoms with Crippen LogP contribution < -0.4 is 11.1 Å². The first-order valence-electron chi connectivity index (χ1n) is 7.23. The topological polar surface area (TPSA) is 50.4 Å². The second-order valence-electron chi connectivity index (χ2n) is 6.13. The molecule has 2 aliphatic carbocycles. The van der Waals surface area contributed by atoms with Crippen molar-refractivity contribution < 1.29 is 17.6 Å². The van der Waals surface area contributed by atoms with E-state index in [4.69, 9.17) is 5.73 Å².